The molecule has 0 saturated carbocycles. The highest BCUT2D eigenvalue weighted by atomic mass is 35.5. The summed E-state index contributed by atoms with van der Waals surface area (Å²) in [4.78, 5) is 13.1. The Morgan fingerprint density at radius 1 is 1.24 bits per heavy atom. The maximum Gasteiger partial charge on any atom is 0.225 e. The molecular weight excluding hydrogens is 302 g/mol. The number of aromatic nitrogens is 2. The summed E-state index contributed by atoms with van der Waals surface area (Å²) in [6, 6.07) is 10.5. The number of fused-ring (bicyclic) bond motifs is 1. The third kappa shape index (κ3) is 2.74. The minimum absolute atomic E-state index is 0.293. The zero-order chi connectivity index (χ0) is 15.0. The van der Waals surface area contributed by atoms with Gasteiger partial charge in [-0.05, 0) is 48.7 Å². The fraction of sp³-hybridized carbons (Fsp3) is 0.250. The normalized spacial score (nSPS) is 11.0. The van der Waals surface area contributed by atoms with Gasteiger partial charge < -0.3 is 4.90 Å². The van der Waals surface area contributed by atoms with Crippen molar-refractivity contribution in [2.75, 3.05) is 11.9 Å². The molecule has 3 nitrogen and oxygen atoms in total. The van der Waals surface area contributed by atoms with Crippen LogP contribution in [0.2, 0.25) is 5.28 Å². The van der Waals surface area contributed by atoms with E-state index < -0.39 is 0 Å². The lowest BCUT2D eigenvalue weighted by Crippen LogP contribution is -2.12. The summed E-state index contributed by atoms with van der Waals surface area (Å²) in [5, 5.41) is 1.35. The van der Waals surface area contributed by atoms with E-state index in [0.717, 1.165) is 28.1 Å². The van der Waals surface area contributed by atoms with Gasteiger partial charge in [0.05, 0.1) is 5.39 Å². The van der Waals surface area contributed by atoms with Crippen LogP contribution in [0.3, 0.4) is 0 Å². The summed E-state index contributed by atoms with van der Waals surface area (Å²) in [7, 11) is 2.01. The molecule has 0 atom stereocenters. The van der Waals surface area contributed by atoms with Crippen LogP contribution in [0, 0.1) is 6.92 Å². The van der Waals surface area contributed by atoms with E-state index in [1.54, 1.807) is 11.3 Å². The topological polar surface area (TPSA) is 29.0 Å². The Morgan fingerprint density at radius 3 is 2.76 bits per heavy atom. The smallest absolute Gasteiger partial charge is 0.225 e. The molecule has 0 spiro atoms. The molecule has 0 aliphatic heterocycles. The predicted octanol–water partition coefficient (Wildman–Crippen LogP) is 4.98. The number of aryl methyl sites for hydroxylation is 2. The first-order valence-corrected chi connectivity index (χ1v) is 8.04. The molecule has 0 N–H and O–H groups in total. The van der Waals surface area contributed by atoms with Gasteiger partial charge in [-0.2, -0.15) is 4.98 Å². The molecule has 0 saturated heterocycles. The average molecular weight is 318 g/mol. The number of hydrogen-bond donors (Lipinski definition) is 0. The van der Waals surface area contributed by atoms with Gasteiger partial charge in [0.1, 0.15) is 10.6 Å². The Morgan fingerprint density at radius 2 is 2.05 bits per heavy atom. The molecule has 0 amide bonds. The van der Waals surface area contributed by atoms with E-state index in [1.165, 1.54) is 10.4 Å². The number of hydrogen-bond acceptors (Lipinski definition) is 4. The van der Waals surface area contributed by atoms with Gasteiger partial charge in [-0.25, -0.2) is 4.98 Å². The van der Waals surface area contributed by atoms with Crippen molar-refractivity contribution in [1.29, 1.82) is 0 Å². The molecule has 3 rings (SSSR count). The van der Waals surface area contributed by atoms with Crippen molar-refractivity contribution in [3.05, 3.63) is 46.1 Å². The molecule has 21 heavy (non-hydrogen) atoms. The van der Waals surface area contributed by atoms with Crippen LogP contribution in [-0.2, 0) is 6.42 Å². The number of anilines is 2. The molecule has 3 aromatic rings. The third-order valence-electron chi connectivity index (χ3n) is 3.45. The van der Waals surface area contributed by atoms with Crippen LogP contribution in [-0.4, -0.2) is 17.0 Å². The second-order valence-electron chi connectivity index (χ2n) is 5.00. The van der Waals surface area contributed by atoms with Crippen LogP contribution < -0.4 is 4.90 Å². The van der Waals surface area contributed by atoms with Crippen LogP contribution in [0.25, 0.3) is 10.2 Å². The molecule has 1 aromatic carbocycles. The molecule has 5 heteroatoms. The Hall–Kier alpha value is -1.65. The highest BCUT2D eigenvalue weighted by molar-refractivity contribution is 7.18. The van der Waals surface area contributed by atoms with Crippen LogP contribution in [0.1, 0.15) is 17.4 Å². The van der Waals surface area contributed by atoms with E-state index in [2.05, 4.69) is 53.0 Å². The zero-order valence-corrected chi connectivity index (χ0v) is 13.8. The first-order valence-electron chi connectivity index (χ1n) is 6.85. The van der Waals surface area contributed by atoms with E-state index in [0.29, 0.717) is 5.28 Å². The first-order chi connectivity index (χ1) is 10.1. The van der Waals surface area contributed by atoms with Crippen molar-refractivity contribution in [3.8, 4) is 0 Å². The summed E-state index contributed by atoms with van der Waals surface area (Å²) in [6.07, 6.45) is 0.992. The van der Waals surface area contributed by atoms with Gasteiger partial charge in [0.2, 0.25) is 5.28 Å². The largest absolute Gasteiger partial charge is 0.329 e. The summed E-state index contributed by atoms with van der Waals surface area (Å²) in [5.74, 6) is 0.853. The number of nitrogens with zero attached hydrogens (tertiary/aromatic N) is 3. The summed E-state index contributed by atoms with van der Waals surface area (Å²) in [6.45, 7) is 4.23. The maximum absolute atomic E-state index is 6.10. The van der Waals surface area contributed by atoms with Crippen LogP contribution in [0.4, 0.5) is 11.5 Å². The third-order valence-corrected chi connectivity index (χ3v) is 4.79. The van der Waals surface area contributed by atoms with Gasteiger partial charge in [-0.3, -0.25) is 0 Å². The van der Waals surface area contributed by atoms with Gasteiger partial charge in [0.15, 0.2) is 0 Å². The van der Waals surface area contributed by atoms with Gasteiger partial charge in [0, 0.05) is 17.6 Å². The lowest BCUT2D eigenvalue weighted by Gasteiger charge is -2.19. The van der Waals surface area contributed by atoms with Crippen molar-refractivity contribution in [2.45, 2.75) is 20.3 Å². The molecule has 2 aromatic heterocycles. The molecule has 0 aliphatic carbocycles. The van der Waals surface area contributed by atoms with E-state index in [-0.39, 0.29) is 0 Å². The highest BCUT2D eigenvalue weighted by Crippen LogP contribution is 2.34. The lowest BCUT2D eigenvalue weighted by molar-refractivity contribution is 1.11. The molecule has 0 bridgehead atoms. The van der Waals surface area contributed by atoms with E-state index in [9.17, 15) is 0 Å². The van der Waals surface area contributed by atoms with Crippen LogP contribution in [0.5, 0.6) is 0 Å². The molecule has 0 fully saturated rings. The minimum Gasteiger partial charge on any atom is -0.329 e. The standard InChI is InChI=1S/C16H16ClN3S/c1-4-12-9-13-14(18-16(17)19-15(13)21-12)20(3)11-7-5-6-10(2)8-11/h5-9H,4H2,1-3H3. The molecule has 0 unspecified atom stereocenters. The van der Waals surface area contributed by atoms with Crippen LogP contribution >= 0.6 is 22.9 Å². The highest BCUT2D eigenvalue weighted by Gasteiger charge is 2.15. The van der Waals surface area contributed by atoms with Crippen molar-refractivity contribution < 1.29 is 0 Å². The summed E-state index contributed by atoms with van der Waals surface area (Å²) in [5.41, 5.74) is 2.31. The monoisotopic (exact) mass is 317 g/mol. The van der Waals surface area contributed by atoms with E-state index in [4.69, 9.17) is 11.6 Å². The fourth-order valence-electron chi connectivity index (χ4n) is 2.32. The quantitative estimate of drug-likeness (QED) is 0.638. The number of benzene rings is 1. The Kier molecular flexibility index (Phi) is 3.83. The molecule has 0 radical (unpaired) electrons. The maximum atomic E-state index is 6.10. The second-order valence-corrected chi connectivity index (χ2v) is 6.45. The molecule has 108 valence electrons. The van der Waals surface area contributed by atoms with Gasteiger partial charge in [0.25, 0.3) is 0 Å². The Bertz CT molecular complexity index is 797. The average Bonchev–Trinajstić information content (AvgIpc) is 2.88. The molecule has 2 heterocycles. The van der Waals surface area contributed by atoms with Gasteiger partial charge >= 0.3 is 0 Å². The SMILES string of the molecule is CCc1cc2c(N(C)c3cccc(C)c3)nc(Cl)nc2s1. The van der Waals surface area contributed by atoms with Crippen molar-refractivity contribution in [2.24, 2.45) is 0 Å². The van der Waals surface area contributed by atoms with Crippen molar-refractivity contribution >= 4 is 44.7 Å². The fourth-order valence-corrected chi connectivity index (χ4v) is 3.50. The van der Waals surface area contributed by atoms with Gasteiger partial charge in [-0.15, -0.1) is 11.3 Å². The number of thiophene rings is 1. The molecule has 0 aliphatic rings. The summed E-state index contributed by atoms with van der Waals surface area (Å²) < 4.78 is 0. The van der Waals surface area contributed by atoms with Crippen molar-refractivity contribution in [3.63, 3.8) is 0 Å². The Labute approximate surface area is 133 Å². The first kappa shape index (κ1) is 14.3. The summed E-state index contributed by atoms with van der Waals surface area (Å²) >= 11 is 7.78. The second kappa shape index (κ2) is 5.62. The van der Waals surface area contributed by atoms with E-state index in [1.807, 2.05) is 13.1 Å². The van der Waals surface area contributed by atoms with E-state index >= 15 is 0 Å². The van der Waals surface area contributed by atoms with Crippen molar-refractivity contribution in [1.82, 2.24) is 9.97 Å². The molecular formula is C16H16ClN3S. The number of halogens is 1. The predicted molar refractivity (Wildman–Crippen MR) is 91.0 cm³/mol. The van der Waals surface area contributed by atoms with Crippen LogP contribution in [0.15, 0.2) is 30.3 Å². The Balaban J connectivity index is 2.16. The zero-order valence-electron chi connectivity index (χ0n) is 12.2. The number of rotatable bonds is 3. The van der Waals surface area contributed by atoms with Gasteiger partial charge in [-0.1, -0.05) is 19.1 Å². The lowest BCUT2D eigenvalue weighted by atomic mass is 10.2. The minimum atomic E-state index is 0.293.